The molecule has 0 radical (unpaired) electrons. The van der Waals surface area contributed by atoms with Crippen LogP contribution in [0.15, 0.2) is 30.6 Å². The van der Waals surface area contributed by atoms with Crippen molar-refractivity contribution in [2.75, 3.05) is 11.9 Å². The third-order valence-electron chi connectivity index (χ3n) is 2.91. The zero-order valence-corrected chi connectivity index (χ0v) is 12.1. The topological polar surface area (TPSA) is 39.1 Å². The van der Waals surface area contributed by atoms with Crippen LogP contribution in [0.1, 0.15) is 32.4 Å². The van der Waals surface area contributed by atoms with Crippen LogP contribution in [0.5, 0.6) is 5.75 Å². The highest BCUT2D eigenvalue weighted by atomic mass is 19.1. The second kappa shape index (κ2) is 6.41. The molecule has 5 heteroatoms. The molecule has 0 atom stereocenters. The summed E-state index contributed by atoms with van der Waals surface area (Å²) in [6.45, 7) is 7.05. The summed E-state index contributed by atoms with van der Waals surface area (Å²) < 4.78 is 20.8. The lowest BCUT2D eigenvalue weighted by atomic mass is 10.2. The van der Waals surface area contributed by atoms with E-state index in [1.807, 2.05) is 24.0 Å². The largest absolute Gasteiger partial charge is 0.491 e. The predicted octanol–water partition coefficient (Wildman–Crippen LogP) is 3.61. The van der Waals surface area contributed by atoms with Crippen LogP contribution < -0.4 is 10.1 Å². The van der Waals surface area contributed by atoms with Crippen LogP contribution >= 0.6 is 0 Å². The second-order valence-electron chi connectivity index (χ2n) is 4.85. The summed E-state index contributed by atoms with van der Waals surface area (Å²) in [6.07, 6.45) is 3.81. The molecule has 20 heavy (non-hydrogen) atoms. The first-order chi connectivity index (χ1) is 9.60. The number of aromatic nitrogens is 2. The van der Waals surface area contributed by atoms with E-state index in [4.69, 9.17) is 4.74 Å². The van der Waals surface area contributed by atoms with E-state index in [1.54, 1.807) is 12.1 Å². The Hall–Kier alpha value is -2.04. The molecule has 2 rings (SSSR count). The SMILES string of the molecule is CCOc1ccc(NCc2cnn(C(C)C)c2)cc1F. The van der Waals surface area contributed by atoms with Gasteiger partial charge in [-0.15, -0.1) is 0 Å². The van der Waals surface area contributed by atoms with Gasteiger partial charge in [0.05, 0.1) is 12.8 Å². The van der Waals surface area contributed by atoms with E-state index in [9.17, 15) is 4.39 Å². The van der Waals surface area contributed by atoms with Gasteiger partial charge in [0, 0.05) is 36.1 Å². The molecule has 1 aromatic heterocycles. The summed E-state index contributed by atoms with van der Waals surface area (Å²) in [7, 11) is 0. The van der Waals surface area contributed by atoms with Crippen molar-refractivity contribution in [3.05, 3.63) is 42.0 Å². The lowest BCUT2D eigenvalue weighted by Crippen LogP contribution is -2.02. The van der Waals surface area contributed by atoms with Gasteiger partial charge in [-0.3, -0.25) is 4.68 Å². The molecule has 0 aliphatic heterocycles. The van der Waals surface area contributed by atoms with E-state index >= 15 is 0 Å². The molecule has 0 fully saturated rings. The number of anilines is 1. The zero-order valence-electron chi connectivity index (χ0n) is 12.1. The quantitative estimate of drug-likeness (QED) is 0.876. The molecule has 0 saturated heterocycles. The fraction of sp³-hybridized carbons (Fsp3) is 0.400. The van der Waals surface area contributed by atoms with E-state index < -0.39 is 0 Å². The number of nitrogens with one attached hydrogen (secondary N) is 1. The fourth-order valence-electron chi connectivity index (χ4n) is 1.84. The van der Waals surface area contributed by atoms with E-state index in [1.165, 1.54) is 6.07 Å². The number of halogens is 1. The van der Waals surface area contributed by atoms with E-state index in [-0.39, 0.29) is 11.6 Å². The van der Waals surface area contributed by atoms with Crippen molar-refractivity contribution in [3.63, 3.8) is 0 Å². The van der Waals surface area contributed by atoms with Gasteiger partial charge in [-0.25, -0.2) is 4.39 Å². The van der Waals surface area contributed by atoms with Crippen molar-refractivity contribution in [2.24, 2.45) is 0 Å². The standard InChI is InChI=1S/C15H20FN3O/c1-4-20-15-6-5-13(7-14(15)16)17-8-12-9-18-19(10-12)11(2)3/h5-7,9-11,17H,4,8H2,1-3H3. The Bertz CT molecular complexity index is 566. The van der Waals surface area contributed by atoms with Crippen LogP contribution in [0.4, 0.5) is 10.1 Å². The van der Waals surface area contributed by atoms with E-state index in [0.717, 1.165) is 11.3 Å². The average molecular weight is 277 g/mol. The Morgan fingerprint density at radius 2 is 2.20 bits per heavy atom. The maximum atomic E-state index is 13.7. The Labute approximate surface area is 118 Å². The van der Waals surface area contributed by atoms with Gasteiger partial charge in [0.1, 0.15) is 0 Å². The molecule has 1 heterocycles. The van der Waals surface area contributed by atoms with E-state index in [0.29, 0.717) is 19.2 Å². The summed E-state index contributed by atoms with van der Waals surface area (Å²) in [5.74, 6) is -0.0691. The normalized spacial score (nSPS) is 10.8. The molecule has 0 amide bonds. The number of benzene rings is 1. The highest BCUT2D eigenvalue weighted by Gasteiger charge is 2.05. The summed E-state index contributed by atoms with van der Waals surface area (Å²) in [6, 6.07) is 5.23. The van der Waals surface area contributed by atoms with Crippen molar-refractivity contribution in [1.29, 1.82) is 0 Å². The highest BCUT2D eigenvalue weighted by Crippen LogP contribution is 2.21. The van der Waals surface area contributed by atoms with Crippen LogP contribution in [0.25, 0.3) is 0 Å². The second-order valence-corrected chi connectivity index (χ2v) is 4.85. The highest BCUT2D eigenvalue weighted by molar-refractivity contribution is 5.47. The van der Waals surface area contributed by atoms with Gasteiger partial charge < -0.3 is 10.1 Å². The Morgan fingerprint density at radius 1 is 1.40 bits per heavy atom. The molecule has 1 N–H and O–H groups in total. The minimum atomic E-state index is -0.352. The van der Waals surface area contributed by atoms with Gasteiger partial charge in [-0.1, -0.05) is 0 Å². The molecular weight excluding hydrogens is 257 g/mol. The minimum Gasteiger partial charge on any atom is -0.491 e. The lowest BCUT2D eigenvalue weighted by Gasteiger charge is -2.08. The molecule has 0 saturated carbocycles. The number of hydrogen-bond acceptors (Lipinski definition) is 3. The van der Waals surface area contributed by atoms with Gasteiger partial charge in [0.2, 0.25) is 0 Å². The average Bonchev–Trinajstić information content (AvgIpc) is 2.88. The molecule has 1 aromatic carbocycles. The Morgan fingerprint density at radius 3 is 2.80 bits per heavy atom. The van der Waals surface area contributed by atoms with Crippen LogP contribution in [0.2, 0.25) is 0 Å². The first kappa shape index (κ1) is 14.4. The number of rotatable bonds is 6. The first-order valence-corrected chi connectivity index (χ1v) is 6.79. The smallest absolute Gasteiger partial charge is 0.167 e. The van der Waals surface area contributed by atoms with Gasteiger partial charge in [-0.2, -0.15) is 5.10 Å². The van der Waals surface area contributed by atoms with Crippen LogP contribution in [0, 0.1) is 5.82 Å². The number of hydrogen-bond donors (Lipinski definition) is 1. The van der Waals surface area contributed by atoms with Crippen molar-refractivity contribution < 1.29 is 9.13 Å². The van der Waals surface area contributed by atoms with Crippen LogP contribution in [-0.4, -0.2) is 16.4 Å². The van der Waals surface area contributed by atoms with Gasteiger partial charge in [0.25, 0.3) is 0 Å². The summed E-state index contributed by atoms with van der Waals surface area (Å²) in [5.41, 5.74) is 1.79. The van der Waals surface area contributed by atoms with Crippen molar-refractivity contribution >= 4 is 5.69 Å². The molecule has 0 aliphatic carbocycles. The summed E-state index contributed by atoms with van der Waals surface area (Å²) in [4.78, 5) is 0. The monoisotopic (exact) mass is 277 g/mol. The summed E-state index contributed by atoms with van der Waals surface area (Å²) >= 11 is 0. The van der Waals surface area contributed by atoms with Crippen LogP contribution in [-0.2, 0) is 6.54 Å². The molecule has 0 unspecified atom stereocenters. The third kappa shape index (κ3) is 3.50. The third-order valence-corrected chi connectivity index (χ3v) is 2.91. The Kier molecular flexibility index (Phi) is 4.61. The van der Waals surface area contributed by atoms with E-state index in [2.05, 4.69) is 24.3 Å². The lowest BCUT2D eigenvalue weighted by molar-refractivity contribution is 0.321. The fourth-order valence-corrected chi connectivity index (χ4v) is 1.84. The van der Waals surface area contributed by atoms with Gasteiger partial charge in [0.15, 0.2) is 11.6 Å². The molecule has 0 bridgehead atoms. The minimum absolute atomic E-state index is 0.283. The Balaban J connectivity index is 1.98. The van der Waals surface area contributed by atoms with Gasteiger partial charge >= 0.3 is 0 Å². The maximum absolute atomic E-state index is 13.7. The van der Waals surface area contributed by atoms with Crippen LogP contribution in [0.3, 0.4) is 0 Å². The van der Waals surface area contributed by atoms with Gasteiger partial charge in [-0.05, 0) is 32.9 Å². The molecule has 108 valence electrons. The molecule has 4 nitrogen and oxygen atoms in total. The number of ether oxygens (including phenoxy) is 1. The molecular formula is C15H20FN3O. The van der Waals surface area contributed by atoms with Crippen molar-refractivity contribution in [1.82, 2.24) is 9.78 Å². The molecule has 2 aromatic rings. The molecule has 0 aliphatic rings. The van der Waals surface area contributed by atoms with Crippen molar-refractivity contribution in [2.45, 2.75) is 33.4 Å². The number of nitrogens with zero attached hydrogens (tertiary/aromatic N) is 2. The molecule has 0 spiro atoms. The van der Waals surface area contributed by atoms with Crippen molar-refractivity contribution in [3.8, 4) is 5.75 Å². The maximum Gasteiger partial charge on any atom is 0.167 e. The predicted molar refractivity (Wildman–Crippen MR) is 77.5 cm³/mol. The zero-order chi connectivity index (χ0) is 14.5. The first-order valence-electron chi connectivity index (χ1n) is 6.79. The summed E-state index contributed by atoms with van der Waals surface area (Å²) in [5, 5.41) is 7.44.